The highest BCUT2D eigenvalue weighted by atomic mass is 35.5. The first-order valence-electron chi connectivity index (χ1n) is 7.51. The van der Waals surface area contributed by atoms with Gasteiger partial charge in [-0.05, 0) is 42.2 Å². The molecule has 2 aromatic carbocycles. The van der Waals surface area contributed by atoms with Crippen LogP contribution < -0.4 is 15.4 Å². The SMILES string of the molecule is COc1ccccc1C(=O)N1CCCc2cc(CN)ccc21.Cl. The standard InChI is InChI=1S/C18H20N2O2.ClH/c1-22-17-7-3-2-6-15(17)18(21)20-10-4-5-14-11-13(12-19)8-9-16(14)20;/h2-3,6-9,11H,4-5,10,12,19H2,1H3;1H. The first kappa shape index (κ1) is 17.3. The smallest absolute Gasteiger partial charge is 0.262 e. The fourth-order valence-corrected chi connectivity index (χ4v) is 2.96. The van der Waals surface area contributed by atoms with Crippen molar-refractivity contribution in [3.8, 4) is 5.75 Å². The van der Waals surface area contributed by atoms with Gasteiger partial charge in [0.15, 0.2) is 0 Å². The van der Waals surface area contributed by atoms with Gasteiger partial charge in [-0.15, -0.1) is 12.4 Å². The lowest BCUT2D eigenvalue weighted by molar-refractivity contribution is 0.0982. The van der Waals surface area contributed by atoms with E-state index in [0.717, 1.165) is 30.6 Å². The first-order valence-corrected chi connectivity index (χ1v) is 7.51. The number of carbonyl (C=O) groups excluding carboxylic acids is 1. The number of para-hydroxylation sites is 1. The predicted octanol–water partition coefficient (Wildman–Crippen LogP) is 3.17. The van der Waals surface area contributed by atoms with Crippen molar-refractivity contribution >= 4 is 24.0 Å². The Bertz CT molecular complexity index is 703. The Morgan fingerprint density at radius 1 is 1.26 bits per heavy atom. The number of halogens is 1. The molecule has 0 aliphatic carbocycles. The molecule has 2 aromatic rings. The van der Waals surface area contributed by atoms with Crippen LogP contribution >= 0.6 is 12.4 Å². The van der Waals surface area contributed by atoms with E-state index in [2.05, 4.69) is 6.07 Å². The lowest BCUT2D eigenvalue weighted by Crippen LogP contribution is -2.35. The third kappa shape index (κ3) is 3.33. The lowest BCUT2D eigenvalue weighted by atomic mass is 9.98. The monoisotopic (exact) mass is 332 g/mol. The lowest BCUT2D eigenvalue weighted by Gasteiger charge is -2.30. The highest BCUT2D eigenvalue weighted by Gasteiger charge is 2.25. The van der Waals surface area contributed by atoms with Gasteiger partial charge in [0.05, 0.1) is 12.7 Å². The number of ether oxygens (including phenoxy) is 1. The first-order chi connectivity index (χ1) is 10.7. The molecule has 0 aromatic heterocycles. The minimum atomic E-state index is -0.0149. The molecular weight excluding hydrogens is 312 g/mol. The summed E-state index contributed by atoms with van der Waals surface area (Å²) in [6, 6.07) is 13.5. The summed E-state index contributed by atoms with van der Waals surface area (Å²) < 4.78 is 5.32. The van der Waals surface area contributed by atoms with Crippen LogP contribution in [-0.2, 0) is 13.0 Å². The van der Waals surface area contributed by atoms with E-state index in [-0.39, 0.29) is 18.3 Å². The van der Waals surface area contributed by atoms with E-state index in [9.17, 15) is 4.79 Å². The van der Waals surface area contributed by atoms with Crippen molar-refractivity contribution < 1.29 is 9.53 Å². The number of benzene rings is 2. The minimum absolute atomic E-state index is 0. The molecule has 1 aliphatic rings. The van der Waals surface area contributed by atoms with Gasteiger partial charge in [0.25, 0.3) is 5.91 Å². The number of aryl methyl sites for hydroxylation is 1. The molecule has 1 heterocycles. The van der Waals surface area contributed by atoms with Crippen molar-refractivity contribution in [2.45, 2.75) is 19.4 Å². The van der Waals surface area contributed by atoms with Crippen LogP contribution in [0.4, 0.5) is 5.69 Å². The predicted molar refractivity (Wildman–Crippen MR) is 94.6 cm³/mol. The highest BCUT2D eigenvalue weighted by Crippen LogP contribution is 2.31. The zero-order valence-corrected chi connectivity index (χ0v) is 13.9. The molecular formula is C18H21ClN2O2. The van der Waals surface area contributed by atoms with Gasteiger partial charge >= 0.3 is 0 Å². The van der Waals surface area contributed by atoms with Crippen molar-refractivity contribution in [2.24, 2.45) is 5.73 Å². The van der Waals surface area contributed by atoms with Crippen LogP contribution in [0.15, 0.2) is 42.5 Å². The van der Waals surface area contributed by atoms with Gasteiger partial charge in [0.1, 0.15) is 5.75 Å². The molecule has 0 saturated heterocycles. The second-order valence-corrected chi connectivity index (χ2v) is 5.43. The second-order valence-electron chi connectivity index (χ2n) is 5.43. The van der Waals surface area contributed by atoms with Gasteiger partial charge < -0.3 is 15.4 Å². The molecule has 2 N–H and O–H groups in total. The Morgan fingerprint density at radius 2 is 2.04 bits per heavy atom. The van der Waals surface area contributed by atoms with Gasteiger partial charge in [0, 0.05) is 18.8 Å². The number of anilines is 1. The van der Waals surface area contributed by atoms with E-state index in [1.54, 1.807) is 7.11 Å². The maximum atomic E-state index is 12.9. The number of carbonyl (C=O) groups is 1. The molecule has 5 heteroatoms. The van der Waals surface area contributed by atoms with E-state index in [1.165, 1.54) is 5.56 Å². The molecule has 0 bridgehead atoms. The van der Waals surface area contributed by atoms with Crippen LogP contribution in [0.3, 0.4) is 0 Å². The van der Waals surface area contributed by atoms with Crippen LogP contribution in [0.1, 0.15) is 27.9 Å². The van der Waals surface area contributed by atoms with Crippen LogP contribution in [0.25, 0.3) is 0 Å². The molecule has 4 nitrogen and oxygen atoms in total. The van der Waals surface area contributed by atoms with Gasteiger partial charge in [-0.1, -0.05) is 24.3 Å². The fraction of sp³-hybridized carbons (Fsp3) is 0.278. The maximum Gasteiger partial charge on any atom is 0.262 e. The summed E-state index contributed by atoms with van der Waals surface area (Å²) in [5.74, 6) is 0.595. The van der Waals surface area contributed by atoms with Crippen molar-refractivity contribution in [1.82, 2.24) is 0 Å². The average Bonchev–Trinajstić information content (AvgIpc) is 2.60. The van der Waals surface area contributed by atoms with E-state index in [1.807, 2.05) is 41.3 Å². The number of methoxy groups -OCH3 is 1. The Hall–Kier alpha value is -2.04. The Balaban J connectivity index is 0.00000192. The third-order valence-electron chi connectivity index (χ3n) is 4.08. The van der Waals surface area contributed by atoms with Crippen LogP contribution in [-0.4, -0.2) is 19.6 Å². The van der Waals surface area contributed by atoms with Crippen LogP contribution in [0, 0.1) is 0 Å². The molecule has 122 valence electrons. The number of rotatable bonds is 3. The molecule has 0 radical (unpaired) electrons. The zero-order valence-electron chi connectivity index (χ0n) is 13.1. The van der Waals surface area contributed by atoms with Gasteiger partial charge in [-0.2, -0.15) is 0 Å². The molecule has 0 spiro atoms. The Labute approximate surface area is 142 Å². The normalized spacial score (nSPS) is 13.0. The van der Waals surface area contributed by atoms with Crippen molar-refractivity contribution in [3.63, 3.8) is 0 Å². The number of hydrogen-bond donors (Lipinski definition) is 1. The third-order valence-corrected chi connectivity index (χ3v) is 4.08. The van der Waals surface area contributed by atoms with Gasteiger partial charge in [-0.25, -0.2) is 0 Å². The summed E-state index contributed by atoms with van der Waals surface area (Å²) in [5, 5.41) is 0. The zero-order chi connectivity index (χ0) is 15.5. The number of fused-ring (bicyclic) bond motifs is 1. The van der Waals surface area contributed by atoms with Gasteiger partial charge in [0.2, 0.25) is 0 Å². The molecule has 1 aliphatic heterocycles. The second kappa shape index (κ2) is 7.49. The summed E-state index contributed by atoms with van der Waals surface area (Å²) in [6.45, 7) is 1.25. The minimum Gasteiger partial charge on any atom is -0.496 e. The van der Waals surface area contributed by atoms with Crippen molar-refractivity contribution in [2.75, 3.05) is 18.6 Å². The van der Waals surface area contributed by atoms with Crippen LogP contribution in [0.2, 0.25) is 0 Å². The summed E-state index contributed by atoms with van der Waals surface area (Å²) >= 11 is 0. The molecule has 23 heavy (non-hydrogen) atoms. The molecule has 3 rings (SSSR count). The molecule has 0 fully saturated rings. The molecule has 0 saturated carbocycles. The summed E-state index contributed by atoms with van der Waals surface area (Å²) in [4.78, 5) is 14.8. The summed E-state index contributed by atoms with van der Waals surface area (Å²) in [6.07, 6.45) is 1.95. The molecule has 1 amide bonds. The van der Waals surface area contributed by atoms with Gasteiger partial charge in [-0.3, -0.25) is 4.79 Å². The number of nitrogens with zero attached hydrogens (tertiary/aromatic N) is 1. The topological polar surface area (TPSA) is 55.6 Å². The number of amides is 1. The van der Waals surface area contributed by atoms with E-state index >= 15 is 0 Å². The average molecular weight is 333 g/mol. The fourth-order valence-electron chi connectivity index (χ4n) is 2.96. The van der Waals surface area contributed by atoms with Crippen molar-refractivity contribution in [3.05, 3.63) is 59.2 Å². The Kier molecular flexibility index (Phi) is 5.64. The highest BCUT2D eigenvalue weighted by molar-refractivity contribution is 6.08. The largest absolute Gasteiger partial charge is 0.496 e. The maximum absolute atomic E-state index is 12.9. The molecule has 0 atom stereocenters. The summed E-state index contributed by atoms with van der Waals surface area (Å²) in [5.41, 5.74) is 9.59. The number of nitrogens with two attached hydrogens (primary N) is 1. The quantitative estimate of drug-likeness (QED) is 0.939. The Morgan fingerprint density at radius 3 is 2.78 bits per heavy atom. The summed E-state index contributed by atoms with van der Waals surface area (Å²) in [7, 11) is 1.59. The molecule has 0 unspecified atom stereocenters. The van der Waals surface area contributed by atoms with E-state index < -0.39 is 0 Å². The van der Waals surface area contributed by atoms with E-state index in [4.69, 9.17) is 10.5 Å². The van der Waals surface area contributed by atoms with Crippen LogP contribution in [0.5, 0.6) is 5.75 Å². The van der Waals surface area contributed by atoms with E-state index in [0.29, 0.717) is 17.9 Å². The van der Waals surface area contributed by atoms with Crippen molar-refractivity contribution in [1.29, 1.82) is 0 Å². The number of hydrogen-bond acceptors (Lipinski definition) is 3.